The van der Waals surface area contributed by atoms with Crippen LogP contribution in [0.4, 0.5) is 0 Å². The van der Waals surface area contributed by atoms with E-state index < -0.39 is 0 Å². The van der Waals surface area contributed by atoms with Crippen molar-refractivity contribution in [2.75, 3.05) is 20.2 Å². The van der Waals surface area contributed by atoms with Crippen LogP contribution in [-0.2, 0) is 4.79 Å². The minimum absolute atomic E-state index is 0.0246. The van der Waals surface area contributed by atoms with Gasteiger partial charge in [-0.2, -0.15) is 0 Å². The van der Waals surface area contributed by atoms with Gasteiger partial charge in [-0.05, 0) is 32.7 Å². The van der Waals surface area contributed by atoms with E-state index in [1.807, 2.05) is 6.92 Å². The van der Waals surface area contributed by atoms with Crippen LogP contribution in [-0.4, -0.2) is 37.3 Å². The highest BCUT2D eigenvalue weighted by Gasteiger charge is 2.12. The van der Waals surface area contributed by atoms with Crippen molar-refractivity contribution in [2.45, 2.75) is 39.2 Å². The van der Waals surface area contributed by atoms with E-state index in [0.29, 0.717) is 12.5 Å². The van der Waals surface area contributed by atoms with Gasteiger partial charge in [-0.3, -0.25) is 4.79 Å². The van der Waals surface area contributed by atoms with Crippen molar-refractivity contribution in [1.29, 1.82) is 0 Å². The SMILES string of the molecule is CCCC(CCO)CNC(=O)C(C)NC. The second kappa shape index (κ2) is 8.68. The Morgan fingerprint density at radius 1 is 1.40 bits per heavy atom. The average molecular weight is 216 g/mol. The molecule has 1 amide bonds. The predicted octanol–water partition coefficient (Wildman–Crippen LogP) is 0.509. The highest BCUT2D eigenvalue weighted by Crippen LogP contribution is 2.09. The molecule has 0 aliphatic heterocycles. The molecule has 15 heavy (non-hydrogen) atoms. The maximum atomic E-state index is 11.5. The van der Waals surface area contributed by atoms with E-state index in [-0.39, 0.29) is 18.6 Å². The Balaban J connectivity index is 3.82. The highest BCUT2D eigenvalue weighted by molar-refractivity contribution is 5.81. The number of amides is 1. The molecule has 0 aromatic heterocycles. The van der Waals surface area contributed by atoms with Crippen molar-refractivity contribution in [3.63, 3.8) is 0 Å². The summed E-state index contributed by atoms with van der Waals surface area (Å²) in [6.45, 7) is 4.81. The lowest BCUT2D eigenvalue weighted by molar-refractivity contribution is -0.122. The fourth-order valence-electron chi connectivity index (χ4n) is 1.47. The molecule has 0 aromatic carbocycles. The summed E-state index contributed by atoms with van der Waals surface area (Å²) < 4.78 is 0. The van der Waals surface area contributed by atoms with Gasteiger partial charge >= 0.3 is 0 Å². The Morgan fingerprint density at radius 2 is 2.07 bits per heavy atom. The van der Waals surface area contributed by atoms with Crippen molar-refractivity contribution < 1.29 is 9.90 Å². The van der Waals surface area contributed by atoms with Gasteiger partial charge < -0.3 is 15.7 Å². The van der Waals surface area contributed by atoms with E-state index in [0.717, 1.165) is 19.3 Å². The zero-order valence-electron chi connectivity index (χ0n) is 10.0. The van der Waals surface area contributed by atoms with E-state index in [1.165, 1.54) is 0 Å². The third-order valence-electron chi connectivity index (χ3n) is 2.63. The standard InChI is InChI=1S/C11H24N2O2/c1-4-5-10(6-7-14)8-13-11(15)9(2)12-3/h9-10,12,14H,4-8H2,1-3H3,(H,13,15). The number of hydrogen-bond acceptors (Lipinski definition) is 3. The van der Waals surface area contributed by atoms with Crippen molar-refractivity contribution in [2.24, 2.45) is 5.92 Å². The van der Waals surface area contributed by atoms with E-state index in [9.17, 15) is 4.79 Å². The monoisotopic (exact) mass is 216 g/mol. The third-order valence-corrected chi connectivity index (χ3v) is 2.63. The van der Waals surface area contributed by atoms with Gasteiger partial charge in [-0.1, -0.05) is 13.3 Å². The fraction of sp³-hybridized carbons (Fsp3) is 0.909. The van der Waals surface area contributed by atoms with Crippen LogP contribution in [0, 0.1) is 5.92 Å². The number of aliphatic hydroxyl groups excluding tert-OH is 1. The normalized spacial score (nSPS) is 14.7. The molecule has 0 radical (unpaired) electrons. The Kier molecular flexibility index (Phi) is 8.33. The quantitative estimate of drug-likeness (QED) is 0.554. The fourth-order valence-corrected chi connectivity index (χ4v) is 1.47. The first-order chi connectivity index (χ1) is 7.15. The molecule has 3 N–H and O–H groups in total. The van der Waals surface area contributed by atoms with Gasteiger partial charge in [0.15, 0.2) is 0 Å². The molecular formula is C11H24N2O2. The third kappa shape index (κ3) is 6.47. The van der Waals surface area contributed by atoms with Gasteiger partial charge in [-0.15, -0.1) is 0 Å². The smallest absolute Gasteiger partial charge is 0.236 e. The zero-order chi connectivity index (χ0) is 11.7. The largest absolute Gasteiger partial charge is 0.396 e. The van der Waals surface area contributed by atoms with Gasteiger partial charge in [0.25, 0.3) is 0 Å². The number of carbonyl (C=O) groups excluding carboxylic acids is 1. The van der Waals surface area contributed by atoms with E-state index in [1.54, 1.807) is 7.05 Å². The van der Waals surface area contributed by atoms with Crippen LogP contribution in [0.1, 0.15) is 33.1 Å². The van der Waals surface area contributed by atoms with E-state index in [4.69, 9.17) is 5.11 Å². The second-order valence-corrected chi connectivity index (χ2v) is 3.92. The van der Waals surface area contributed by atoms with Gasteiger partial charge in [0.1, 0.15) is 0 Å². The summed E-state index contributed by atoms with van der Waals surface area (Å²) in [6.07, 6.45) is 2.90. The molecule has 0 spiro atoms. The molecular weight excluding hydrogens is 192 g/mol. The lowest BCUT2D eigenvalue weighted by Gasteiger charge is -2.17. The Labute approximate surface area is 92.4 Å². The first kappa shape index (κ1) is 14.4. The maximum absolute atomic E-state index is 11.5. The minimum atomic E-state index is -0.151. The molecule has 4 heteroatoms. The van der Waals surface area contributed by atoms with Crippen molar-refractivity contribution in [3.05, 3.63) is 0 Å². The molecule has 0 saturated heterocycles. The summed E-state index contributed by atoms with van der Waals surface area (Å²) in [6, 6.07) is -0.151. The number of likely N-dealkylation sites (N-methyl/N-ethyl adjacent to an activating group) is 1. The molecule has 4 nitrogen and oxygen atoms in total. The van der Waals surface area contributed by atoms with Crippen molar-refractivity contribution >= 4 is 5.91 Å². The van der Waals surface area contributed by atoms with Gasteiger partial charge in [-0.25, -0.2) is 0 Å². The molecule has 90 valence electrons. The van der Waals surface area contributed by atoms with Crippen molar-refractivity contribution in [3.8, 4) is 0 Å². The van der Waals surface area contributed by atoms with Gasteiger partial charge in [0, 0.05) is 13.2 Å². The molecule has 0 aromatic rings. The lowest BCUT2D eigenvalue weighted by Crippen LogP contribution is -2.42. The first-order valence-corrected chi connectivity index (χ1v) is 5.71. The van der Waals surface area contributed by atoms with Crippen LogP contribution in [0.3, 0.4) is 0 Å². The van der Waals surface area contributed by atoms with Gasteiger partial charge in [0.05, 0.1) is 6.04 Å². The molecule has 0 rings (SSSR count). The van der Waals surface area contributed by atoms with E-state index >= 15 is 0 Å². The highest BCUT2D eigenvalue weighted by atomic mass is 16.3. The zero-order valence-corrected chi connectivity index (χ0v) is 10.0. The number of hydrogen-bond donors (Lipinski definition) is 3. The van der Waals surface area contributed by atoms with Crippen LogP contribution in [0.25, 0.3) is 0 Å². The Morgan fingerprint density at radius 3 is 2.53 bits per heavy atom. The lowest BCUT2D eigenvalue weighted by atomic mass is 10.0. The van der Waals surface area contributed by atoms with Crippen LogP contribution >= 0.6 is 0 Å². The van der Waals surface area contributed by atoms with Gasteiger partial charge in [0.2, 0.25) is 5.91 Å². The minimum Gasteiger partial charge on any atom is -0.396 e. The number of nitrogens with one attached hydrogen (secondary N) is 2. The molecule has 0 heterocycles. The molecule has 0 aliphatic carbocycles. The number of carbonyl (C=O) groups is 1. The molecule has 0 saturated carbocycles. The molecule has 0 aliphatic rings. The Bertz CT molecular complexity index is 168. The number of rotatable bonds is 8. The molecule has 0 fully saturated rings. The average Bonchev–Trinajstić information content (AvgIpc) is 2.25. The summed E-state index contributed by atoms with van der Waals surface area (Å²) in [5.74, 6) is 0.421. The van der Waals surface area contributed by atoms with E-state index in [2.05, 4.69) is 17.6 Å². The second-order valence-electron chi connectivity index (χ2n) is 3.92. The van der Waals surface area contributed by atoms with Crippen LogP contribution in [0.5, 0.6) is 0 Å². The summed E-state index contributed by atoms with van der Waals surface area (Å²) in [5, 5.41) is 14.6. The molecule has 0 bridgehead atoms. The molecule has 2 atom stereocenters. The summed E-state index contributed by atoms with van der Waals surface area (Å²) >= 11 is 0. The predicted molar refractivity (Wildman–Crippen MR) is 61.6 cm³/mol. The first-order valence-electron chi connectivity index (χ1n) is 5.71. The van der Waals surface area contributed by atoms with Crippen LogP contribution < -0.4 is 10.6 Å². The topological polar surface area (TPSA) is 61.4 Å². The summed E-state index contributed by atoms with van der Waals surface area (Å²) in [7, 11) is 1.77. The van der Waals surface area contributed by atoms with Crippen LogP contribution in [0.2, 0.25) is 0 Å². The molecule has 2 unspecified atom stereocenters. The maximum Gasteiger partial charge on any atom is 0.236 e. The van der Waals surface area contributed by atoms with Crippen molar-refractivity contribution in [1.82, 2.24) is 10.6 Å². The Hall–Kier alpha value is -0.610. The summed E-state index contributed by atoms with van der Waals surface area (Å²) in [4.78, 5) is 11.5. The van der Waals surface area contributed by atoms with Crippen LogP contribution in [0.15, 0.2) is 0 Å². The summed E-state index contributed by atoms with van der Waals surface area (Å²) in [5.41, 5.74) is 0. The number of aliphatic hydroxyl groups is 1.